The van der Waals surface area contributed by atoms with Gasteiger partial charge in [-0.25, -0.2) is 4.98 Å². The average molecular weight is 187 g/mol. The molecule has 1 rings (SSSR count). The molecule has 0 fully saturated rings. The first-order valence-corrected chi connectivity index (χ1v) is 5.10. The molecule has 0 saturated carbocycles. The molecule has 1 aromatic rings. The third-order valence-electron chi connectivity index (χ3n) is 1.51. The molecule has 0 unspecified atom stereocenters. The maximum Gasteiger partial charge on any atom is 0.107 e. The topological polar surface area (TPSA) is 12.9 Å². The third kappa shape index (κ3) is 1.97. The molecule has 62 valence electrons. The van der Waals surface area contributed by atoms with Crippen molar-refractivity contribution in [1.29, 1.82) is 0 Å². The summed E-state index contributed by atoms with van der Waals surface area (Å²) in [5.74, 6) is 0.534. The van der Waals surface area contributed by atoms with Crippen LogP contribution in [0.1, 0.15) is 36.6 Å². The molecule has 0 N–H and O–H groups in total. The van der Waals surface area contributed by atoms with Gasteiger partial charge in [-0.15, -0.1) is 24.0 Å². The molecule has 0 aromatic carbocycles. The van der Waals surface area contributed by atoms with Crippen molar-refractivity contribution in [3.63, 3.8) is 0 Å². The van der Waals surface area contributed by atoms with Crippen molar-refractivity contribution < 1.29 is 0 Å². The van der Waals surface area contributed by atoms with Gasteiger partial charge in [-0.3, -0.25) is 0 Å². The van der Waals surface area contributed by atoms with E-state index in [4.69, 9.17) is 0 Å². The molecule has 0 aliphatic carbocycles. The summed E-state index contributed by atoms with van der Waals surface area (Å²) < 4.78 is 0. The van der Waals surface area contributed by atoms with Crippen LogP contribution in [0.25, 0.3) is 0 Å². The van der Waals surface area contributed by atoms with E-state index in [2.05, 4.69) is 38.4 Å². The lowest BCUT2D eigenvalue weighted by molar-refractivity contribution is 0.837. The maximum atomic E-state index is 4.36. The zero-order chi connectivity index (χ0) is 8.43. The standard InChI is InChI=1S/C8H13NS2/c1-4-6-7(10)9-8(11-6)5(2)3/h5,10H,4H2,1-3H3. The van der Waals surface area contributed by atoms with Crippen LogP contribution in [0.2, 0.25) is 0 Å². The predicted molar refractivity (Wildman–Crippen MR) is 52.8 cm³/mol. The van der Waals surface area contributed by atoms with Crippen molar-refractivity contribution in [1.82, 2.24) is 4.98 Å². The van der Waals surface area contributed by atoms with E-state index in [1.54, 1.807) is 11.3 Å². The van der Waals surface area contributed by atoms with Gasteiger partial charge in [0.1, 0.15) is 5.03 Å². The Balaban J connectivity index is 2.95. The molecular weight excluding hydrogens is 174 g/mol. The van der Waals surface area contributed by atoms with Crippen LogP contribution in [0.3, 0.4) is 0 Å². The van der Waals surface area contributed by atoms with Gasteiger partial charge < -0.3 is 0 Å². The summed E-state index contributed by atoms with van der Waals surface area (Å²) in [5.41, 5.74) is 0. The molecule has 0 spiro atoms. The van der Waals surface area contributed by atoms with E-state index in [-0.39, 0.29) is 0 Å². The second kappa shape index (κ2) is 3.59. The Morgan fingerprint density at radius 1 is 1.55 bits per heavy atom. The van der Waals surface area contributed by atoms with Gasteiger partial charge >= 0.3 is 0 Å². The zero-order valence-corrected chi connectivity index (χ0v) is 8.80. The van der Waals surface area contributed by atoms with Crippen LogP contribution in [-0.2, 0) is 6.42 Å². The van der Waals surface area contributed by atoms with Crippen LogP contribution in [0, 0.1) is 0 Å². The van der Waals surface area contributed by atoms with E-state index in [9.17, 15) is 0 Å². The maximum absolute atomic E-state index is 4.36. The molecular formula is C8H13NS2. The number of aryl methyl sites for hydroxylation is 1. The Morgan fingerprint density at radius 3 is 2.45 bits per heavy atom. The van der Waals surface area contributed by atoms with Crippen molar-refractivity contribution in [2.75, 3.05) is 0 Å². The number of thiazole rings is 1. The molecule has 1 heterocycles. The summed E-state index contributed by atoms with van der Waals surface area (Å²) in [6, 6.07) is 0. The lowest BCUT2D eigenvalue weighted by Gasteiger charge is -1.94. The van der Waals surface area contributed by atoms with E-state index >= 15 is 0 Å². The summed E-state index contributed by atoms with van der Waals surface area (Å²) in [4.78, 5) is 5.67. The second-order valence-corrected chi connectivity index (χ2v) is 4.35. The molecule has 0 bridgehead atoms. The first-order chi connectivity index (χ1) is 5.15. The highest BCUT2D eigenvalue weighted by molar-refractivity contribution is 7.80. The summed E-state index contributed by atoms with van der Waals surface area (Å²) >= 11 is 6.07. The Kier molecular flexibility index (Phi) is 2.96. The van der Waals surface area contributed by atoms with E-state index in [1.165, 1.54) is 9.88 Å². The lowest BCUT2D eigenvalue weighted by Crippen LogP contribution is -1.83. The Labute approximate surface area is 77.3 Å². The lowest BCUT2D eigenvalue weighted by atomic mass is 10.2. The molecule has 0 radical (unpaired) electrons. The van der Waals surface area contributed by atoms with Crippen molar-refractivity contribution in [3.8, 4) is 0 Å². The number of hydrogen-bond donors (Lipinski definition) is 1. The van der Waals surface area contributed by atoms with E-state index in [0.29, 0.717) is 5.92 Å². The monoisotopic (exact) mass is 187 g/mol. The van der Waals surface area contributed by atoms with Crippen LogP contribution in [0.15, 0.2) is 5.03 Å². The fourth-order valence-corrected chi connectivity index (χ4v) is 2.22. The van der Waals surface area contributed by atoms with Crippen LogP contribution in [0.4, 0.5) is 0 Å². The first-order valence-electron chi connectivity index (χ1n) is 3.83. The predicted octanol–water partition coefficient (Wildman–Crippen LogP) is 3.12. The number of thiol groups is 1. The molecule has 0 atom stereocenters. The van der Waals surface area contributed by atoms with Gasteiger partial charge in [0.05, 0.1) is 5.01 Å². The van der Waals surface area contributed by atoms with Gasteiger partial charge in [-0.2, -0.15) is 0 Å². The highest BCUT2D eigenvalue weighted by atomic mass is 32.1. The Bertz CT molecular complexity index is 240. The van der Waals surface area contributed by atoms with Crippen molar-refractivity contribution in [2.45, 2.75) is 38.1 Å². The van der Waals surface area contributed by atoms with Crippen molar-refractivity contribution >= 4 is 24.0 Å². The highest BCUT2D eigenvalue weighted by Crippen LogP contribution is 2.26. The highest BCUT2D eigenvalue weighted by Gasteiger charge is 2.08. The average Bonchev–Trinajstić information content (AvgIpc) is 2.31. The Morgan fingerprint density at radius 2 is 2.18 bits per heavy atom. The SMILES string of the molecule is CCc1sc(C(C)C)nc1S. The Hall–Kier alpha value is -0.0200. The number of rotatable bonds is 2. The van der Waals surface area contributed by atoms with Crippen molar-refractivity contribution in [3.05, 3.63) is 9.88 Å². The molecule has 0 saturated heterocycles. The van der Waals surface area contributed by atoms with Crippen LogP contribution in [0.5, 0.6) is 0 Å². The van der Waals surface area contributed by atoms with Crippen LogP contribution < -0.4 is 0 Å². The molecule has 3 heteroatoms. The summed E-state index contributed by atoms with van der Waals surface area (Å²) in [5, 5.41) is 2.12. The minimum Gasteiger partial charge on any atom is -0.235 e. The zero-order valence-electron chi connectivity index (χ0n) is 7.09. The van der Waals surface area contributed by atoms with Gasteiger partial charge in [-0.1, -0.05) is 20.8 Å². The largest absolute Gasteiger partial charge is 0.235 e. The van der Waals surface area contributed by atoms with Gasteiger partial charge in [0.15, 0.2) is 0 Å². The fourth-order valence-electron chi connectivity index (χ4n) is 0.839. The van der Waals surface area contributed by atoms with Gasteiger partial charge in [0.25, 0.3) is 0 Å². The van der Waals surface area contributed by atoms with Gasteiger partial charge in [0, 0.05) is 10.8 Å². The van der Waals surface area contributed by atoms with Crippen LogP contribution in [-0.4, -0.2) is 4.98 Å². The van der Waals surface area contributed by atoms with Crippen molar-refractivity contribution in [2.24, 2.45) is 0 Å². The van der Waals surface area contributed by atoms with E-state index < -0.39 is 0 Å². The normalized spacial score (nSPS) is 11.0. The van der Waals surface area contributed by atoms with Gasteiger partial charge in [0.2, 0.25) is 0 Å². The molecule has 11 heavy (non-hydrogen) atoms. The quantitative estimate of drug-likeness (QED) is 0.702. The van der Waals surface area contributed by atoms with Gasteiger partial charge in [-0.05, 0) is 6.42 Å². The molecule has 0 aliphatic heterocycles. The summed E-state index contributed by atoms with van der Waals surface area (Å²) in [7, 11) is 0. The summed E-state index contributed by atoms with van der Waals surface area (Å²) in [6.07, 6.45) is 1.04. The molecule has 0 aliphatic rings. The molecule has 1 nitrogen and oxygen atoms in total. The minimum absolute atomic E-state index is 0.534. The van der Waals surface area contributed by atoms with E-state index in [1.807, 2.05) is 0 Å². The van der Waals surface area contributed by atoms with Crippen LogP contribution >= 0.6 is 24.0 Å². The number of hydrogen-bond acceptors (Lipinski definition) is 3. The molecule has 1 aromatic heterocycles. The minimum atomic E-state index is 0.534. The molecule has 0 amide bonds. The second-order valence-electron chi connectivity index (χ2n) is 2.81. The third-order valence-corrected chi connectivity index (χ3v) is 3.53. The number of aromatic nitrogens is 1. The number of nitrogens with zero attached hydrogens (tertiary/aromatic N) is 1. The first kappa shape index (κ1) is 9.07. The smallest absolute Gasteiger partial charge is 0.107 e. The fraction of sp³-hybridized carbons (Fsp3) is 0.625. The summed E-state index contributed by atoms with van der Waals surface area (Å²) in [6.45, 7) is 6.45. The van der Waals surface area contributed by atoms with E-state index in [0.717, 1.165) is 11.4 Å².